The molecule has 0 aromatic heterocycles. The Morgan fingerprint density at radius 1 is 1.38 bits per heavy atom. The molecule has 0 saturated carbocycles. The quantitative estimate of drug-likeness (QED) is 0.815. The SMILES string of the molecule is COCC(Br)CN(C)Cc1ccc(O)cc1. The van der Waals surface area contributed by atoms with Crippen molar-refractivity contribution in [3.05, 3.63) is 29.8 Å². The highest BCUT2D eigenvalue weighted by Crippen LogP contribution is 2.12. The van der Waals surface area contributed by atoms with Crippen LogP contribution in [-0.4, -0.2) is 42.1 Å². The third kappa shape index (κ3) is 4.96. The van der Waals surface area contributed by atoms with Crippen molar-refractivity contribution in [3.8, 4) is 5.75 Å². The maximum Gasteiger partial charge on any atom is 0.115 e. The Bertz CT molecular complexity index is 302. The van der Waals surface area contributed by atoms with Crippen molar-refractivity contribution < 1.29 is 9.84 Å². The number of phenolic OH excluding ortho intramolecular Hbond substituents is 1. The molecule has 1 aromatic carbocycles. The molecule has 0 aliphatic carbocycles. The van der Waals surface area contributed by atoms with Crippen molar-refractivity contribution in [2.24, 2.45) is 0 Å². The first-order valence-electron chi connectivity index (χ1n) is 5.21. The number of hydrogen-bond acceptors (Lipinski definition) is 3. The van der Waals surface area contributed by atoms with Crippen molar-refractivity contribution in [1.29, 1.82) is 0 Å². The number of hydrogen-bond donors (Lipinski definition) is 1. The maximum absolute atomic E-state index is 9.17. The lowest BCUT2D eigenvalue weighted by Crippen LogP contribution is -2.27. The van der Waals surface area contributed by atoms with Crippen LogP contribution in [0.3, 0.4) is 0 Å². The molecule has 16 heavy (non-hydrogen) atoms. The lowest BCUT2D eigenvalue weighted by Gasteiger charge is -2.19. The summed E-state index contributed by atoms with van der Waals surface area (Å²) in [6, 6.07) is 7.30. The van der Waals surface area contributed by atoms with Crippen LogP contribution in [0.2, 0.25) is 0 Å². The van der Waals surface area contributed by atoms with Gasteiger partial charge in [-0.2, -0.15) is 0 Å². The first-order chi connectivity index (χ1) is 7.61. The number of benzene rings is 1. The Morgan fingerprint density at radius 2 is 2.00 bits per heavy atom. The van der Waals surface area contributed by atoms with Gasteiger partial charge in [0.1, 0.15) is 5.75 Å². The number of nitrogens with zero attached hydrogens (tertiary/aromatic N) is 1. The van der Waals surface area contributed by atoms with Gasteiger partial charge in [0, 0.05) is 20.2 Å². The van der Waals surface area contributed by atoms with Gasteiger partial charge in [-0.15, -0.1) is 0 Å². The molecule has 0 bridgehead atoms. The Labute approximate surface area is 105 Å². The van der Waals surface area contributed by atoms with Crippen LogP contribution in [0.5, 0.6) is 5.75 Å². The molecule has 0 fully saturated rings. The van der Waals surface area contributed by atoms with Gasteiger partial charge in [0.05, 0.1) is 11.4 Å². The Balaban J connectivity index is 2.39. The van der Waals surface area contributed by atoms with Crippen LogP contribution < -0.4 is 0 Å². The molecule has 1 N–H and O–H groups in total. The van der Waals surface area contributed by atoms with Crippen molar-refractivity contribution in [1.82, 2.24) is 4.90 Å². The van der Waals surface area contributed by atoms with E-state index in [0.717, 1.165) is 13.1 Å². The largest absolute Gasteiger partial charge is 0.508 e. The predicted molar refractivity (Wildman–Crippen MR) is 69.0 cm³/mol. The fraction of sp³-hybridized carbons (Fsp3) is 0.500. The summed E-state index contributed by atoms with van der Waals surface area (Å²) < 4.78 is 5.06. The zero-order valence-electron chi connectivity index (χ0n) is 9.69. The average Bonchev–Trinajstić information content (AvgIpc) is 2.21. The second-order valence-corrected chi connectivity index (χ2v) is 5.21. The Morgan fingerprint density at radius 3 is 2.56 bits per heavy atom. The molecule has 0 radical (unpaired) electrons. The van der Waals surface area contributed by atoms with E-state index in [4.69, 9.17) is 9.84 Å². The number of methoxy groups -OCH3 is 1. The molecular weight excluding hydrogens is 270 g/mol. The van der Waals surface area contributed by atoms with Gasteiger partial charge in [0.15, 0.2) is 0 Å². The normalized spacial score (nSPS) is 13.0. The minimum atomic E-state index is 0.309. The number of aromatic hydroxyl groups is 1. The zero-order valence-corrected chi connectivity index (χ0v) is 11.3. The molecule has 0 aliphatic rings. The van der Waals surface area contributed by atoms with Crippen molar-refractivity contribution in [2.75, 3.05) is 27.3 Å². The Hall–Kier alpha value is -0.580. The standard InChI is InChI=1S/C12H18BrNO2/c1-14(8-11(13)9-16-2)7-10-3-5-12(15)6-4-10/h3-6,11,15H,7-9H2,1-2H3. The lowest BCUT2D eigenvalue weighted by molar-refractivity contribution is 0.185. The molecule has 1 atom stereocenters. The zero-order chi connectivity index (χ0) is 12.0. The monoisotopic (exact) mass is 287 g/mol. The van der Waals surface area contributed by atoms with E-state index >= 15 is 0 Å². The van der Waals surface area contributed by atoms with Gasteiger partial charge in [-0.25, -0.2) is 0 Å². The molecule has 0 heterocycles. The van der Waals surface area contributed by atoms with Crippen LogP contribution in [0, 0.1) is 0 Å². The summed E-state index contributed by atoms with van der Waals surface area (Å²) in [5.74, 6) is 0.309. The first kappa shape index (κ1) is 13.5. The van der Waals surface area contributed by atoms with Crippen LogP contribution in [0.4, 0.5) is 0 Å². The summed E-state index contributed by atoms with van der Waals surface area (Å²) in [5, 5.41) is 9.17. The van der Waals surface area contributed by atoms with Crippen molar-refractivity contribution >= 4 is 15.9 Å². The van der Waals surface area contributed by atoms with E-state index in [0.29, 0.717) is 17.2 Å². The summed E-state index contributed by atoms with van der Waals surface area (Å²) in [6.07, 6.45) is 0. The van der Waals surface area contributed by atoms with Gasteiger partial charge in [0.2, 0.25) is 0 Å². The van der Waals surface area contributed by atoms with E-state index in [-0.39, 0.29) is 0 Å². The van der Waals surface area contributed by atoms with E-state index in [1.807, 2.05) is 12.1 Å². The van der Waals surface area contributed by atoms with Gasteiger partial charge in [-0.1, -0.05) is 28.1 Å². The molecule has 1 aromatic rings. The number of ether oxygens (including phenoxy) is 1. The Kier molecular flexibility index (Phi) is 5.80. The molecule has 0 aliphatic heterocycles. The number of alkyl halides is 1. The summed E-state index contributed by atoms with van der Waals surface area (Å²) in [7, 11) is 3.77. The smallest absolute Gasteiger partial charge is 0.115 e. The summed E-state index contributed by atoms with van der Waals surface area (Å²) >= 11 is 3.56. The van der Waals surface area contributed by atoms with Gasteiger partial charge < -0.3 is 14.7 Å². The fourth-order valence-electron chi connectivity index (χ4n) is 1.55. The van der Waals surface area contributed by atoms with Crippen molar-refractivity contribution in [3.63, 3.8) is 0 Å². The molecule has 1 rings (SSSR count). The van der Waals surface area contributed by atoms with Crippen LogP contribution >= 0.6 is 15.9 Å². The van der Waals surface area contributed by atoms with E-state index in [1.165, 1.54) is 5.56 Å². The minimum Gasteiger partial charge on any atom is -0.508 e. The third-order valence-corrected chi connectivity index (χ3v) is 2.80. The minimum absolute atomic E-state index is 0.309. The van der Waals surface area contributed by atoms with Crippen LogP contribution in [0.1, 0.15) is 5.56 Å². The van der Waals surface area contributed by atoms with E-state index < -0.39 is 0 Å². The second-order valence-electron chi connectivity index (χ2n) is 3.92. The summed E-state index contributed by atoms with van der Waals surface area (Å²) in [6.45, 7) is 2.50. The van der Waals surface area contributed by atoms with Gasteiger partial charge in [-0.05, 0) is 24.7 Å². The highest BCUT2D eigenvalue weighted by atomic mass is 79.9. The molecule has 0 spiro atoms. The molecule has 0 saturated heterocycles. The molecule has 4 heteroatoms. The van der Waals surface area contributed by atoms with Gasteiger partial charge in [0.25, 0.3) is 0 Å². The molecule has 0 amide bonds. The highest BCUT2D eigenvalue weighted by Gasteiger charge is 2.08. The second kappa shape index (κ2) is 6.89. The fourth-order valence-corrected chi connectivity index (χ4v) is 2.31. The van der Waals surface area contributed by atoms with E-state index in [9.17, 15) is 0 Å². The number of halogens is 1. The van der Waals surface area contributed by atoms with Gasteiger partial charge in [-0.3, -0.25) is 0 Å². The first-order valence-corrected chi connectivity index (χ1v) is 6.13. The van der Waals surface area contributed by atoms with Crippen LogP contribution in [-0.2, 0) is 11.3 Å². The van der Waals surface area contributed by atoms with E-state index in [1.54, 1.807) is 19.2 Å². The van der Waals surface area contributed by atoms with Gasteiger partial charge >= 0.3 is 0 Å². The molecule has 1 unspecified atom stereocenters. The average molecular weight is 288 g/mol. The van der Waals surface area contributed by atoms with Crippen LogP contribution in [0.15, 0.2) is 24.3 Å². The topological polar surface area (TPSA) is 32.7 Å². The number of rotatable bonds is 6. The van der Waals surface area contributed by atoms with E-state index in [2.05, 4.69) is 27.9 Å². The van der Waals surface area contributed by atoms with Crippen LogP contribution in [0.25, 0.3) is 0 Å². The molecule has 3 nitrogen and oxygen atoms in total. The predicted octanol–water partition coefficient (Wildman–Crippen LogP) is 2.23. The molecule has 90 valence electrons. The summed E-state index contributed by atoms with van der Waals surface area (Å²) in [5.41, 5.74) is 1.19. The lowest BCUT2D eigenvalue weighted by atomic mass is 10.2. The third-order valence-electron chi connectivity index (χ3n) is 2.25. The number of phenols is 1. The summed E-state index contributed by atoms with van der Waals surface area (Å²) in [4.78, 5) is 2.56. The van der Waals surface area contributed by atoms with Crippen molar-refractivity contribution in [2.45, 2.75) is 11.4 Å². The molecular formula is C12H18BrNO2. The maximum atomic E-state index is 9.17. The highest BCUT2D eigenvalue weighted by molar-refractivity contribution is 9.09.